The number of nitrogens with one attached hydrogen (secondary N) is 1. The van der Waals surface area contributed by atoms with Crippen LogP contribution in [0.1, 0.15) is 31.2 Å². The summed E-state index contributed by atoms with van der Waals surface area (Å²) in [5.74, 6) is 0.662. The third-order valence-corrected chi connectivity index (χ3v) is 3.98. The normalized spacial score (nSPS) is 15.4. The Kier molecular flexibility index (Phi) is 3.72. The Morgan fingerprint density at radius 3 is 2.82 bits per heavy atom. The number of rotatable bonds is 3. The van der Waals surface area contributed by atoms with E-state index < -0.39 is 0 Å². The summed E-state index contributed by atoms with van der Waals surface area (Å²) in [6, 6.07) is 3.73. The molecule has 1 fully saturated rings. The van der Waals surface area contributed by atoms with Crippen LogP contribution in [0.4, 0.5) is 11.4 Å². The summed E-state index contributed by atoms with van der Waals surface area (Å²) in [5, 5.41) is 2.91. The number of nitrogens with two attached hydrogens (primary N) is 1. The molecule has 1 aliphatic rings. The van der Waals surface area contributed by atoms with Crippen LogP contribution in [-0.4, -0.2) is 5.91 Å². The Labute approximate surface area is 110 Å². The smallest absolute Gasteiger partial charge is 0.224 e. The first-order chi connectivity index (χ1) is 8.06. The molecule has 92 valence electrons. The van der Waals surface area contributed by atoms with Gasteiger partial charge in [-0.1, -0.05) is 6.42 Å². The number of aryl methyl sites for hydroxylation is 1. The Hall–Kier alpha value is -1.03. The fourth-order valence-electron chi connectivity index (χ4n) is 1.95. The molecule has 3 N–H and O–H groups in total. The molecule has 0 bridgehead atoms. The van der Waals surface area contributed by atoms with Gasteiger partial charge in [-0.05, 0) is 59.3 Å². The van der Waals surface area contributed by atoms with Gasteiger partial charge in [0.15, 0.2) is 0 Å². The van der Waals surface area contributed by atoms with Crippen LogP contribution < -0.4 is 11.1 Å². The van der Waals surface area contributed by atoms with Crippen molar-refractivity contribution in [1.29, 1.82) is 0 Å². The van der Waals surface area contributed by atoms with E-state index in [1.54, 1.807) is 6.07 Å². The van der Waals surface area contributed by atoms with Gasteiger partial charge < -0.3 is 11.1 Å². The molecule has 0 atom stereocenters. The highest BCUT2D eigenvalue weighted by Crippen LogP contribution is 2.31. The number of anilines is 2. The van der Waals surface area contributed by atoms with Crippen LogP contribution >= 0.6 is 15.9 Å². The summed E-state index contributed by atoms with van der Waals surface area (Å²) in [4.78, 5) is 11.8. The van der Waals surface area contributed by atoms with E-state index >= 15 is 0 Å². The minimum absolute atomic E-state index is 0.0821. The molecule has 0 spiro atoms. The lowest BCUT2D eigenvalue weighted by Gasteiger charge is -2.24. The van der Waals surface area contributed by atoms with Crippen molar-refractivity contribution in [2.75, 3.05) is 11.1 Å². The summed E-state index contributed by atoms with van der Waals surface area (Å²) >= 11 is 3.44. The van der Waals surface area contributed by atoms with Crippen molar-refractivity contribution in [3.05, 3.63) is 22.2 Å². The topological polar surface area (TPSA) is 55.1 Å². The zero-order valence-corrected chi connectivity index (χ0v) is 11.5. The molecule has 1 aromatic rings. The van der Waals surface area contributed by atoms with Crippen LogP contribution in [0.3, 0.4) is 0 Å². The lowest BCUT2D eigenvalue weighted by atomic mass is 9.83. The second-order valence-corrected chi connectivity index (χ2v) is 5.59. The fraction of sp³-hybridized carbons (Fsp3) is 0.462. The highest BCUT2D eigenvalue weighted by atomic mass is 79.9. The van der Waals surface area contributed by atoms with Crippen LogP contribution in [0.2, 0.25) is 0 Å². The van der Waals surface area contributed by atoms with E-state index in [1.807, 2.05) is 13.0 Å². The second kappa shape index (κ2) is 5.08. The maximum atomic E-state index is 11.8. The highest BCUT2D eigenvalue weighted by molar-refractivity contribution is 9.10. The quantitative estimate of drug-likeness (QED) is 0.839. The maximum absolute atomic E-state index is 11.8. The molecule has 0 radical (unpaired) electrons. The van der Waals surface area contributed by atoms with Crippen molar-refractivity contribution in [2.24, 2.45) is 5.92 Å². The molecule has 0 aromatic heterocycles. The summed E-state index contributed by atoms with van der Waals surface area (Å²) in [5.41, 5.74) is 8.30. The van der Waals surface area contributed by atoms with Crippen LogP contribution in [-0.2, 0) is 4.79 Å². The molecule has 1 aromatic carbocycles. The van der Waals surface area contributed by atoms with Gasteiger partial charge in [0.1, 0.15) is 0 Å². The van der Waals surface area contributed by atoms with Gasteiger partial charge in [-0.3, -0.25) is 4.79 Å². The van der Waals surface area contributed by atoms with Gasteiger partial charge >= 0.3 is 0 Å². The Balaban J connectivity index is 2.02. The number of benzene rings is 1. The summed E-state index contributed by atoms with van der Waals surface area (Å²) in [6.45, 7) is 1.94. The minimum Gasteiger partial charge on any atom is -0.398 e. The van der Waals surface area contributed by atoms with Crippen molar-refractivity contribution in [3.8, 4) is 0 Å². The first-order valence-electron chi connectivity index (χ1n) is 5.91. The molecule has 1 saturated carbocycles. The monoisotopic (exact) mass is 296 g/mol. The van der Waals surface area contributed by atoms with Gasteiger partial charge in [-0.25, -0.2) is 0 Å². The number of carbonyl (C=O) groups is 1. The van der Waals surface area contributed by atoms with E-state index in [-0.39, 0.29) is 5.91 Å². The zero-order valence-electron chi connectivity index (χ0n) is 9.92. The minimum atomic E-state index is 0.0821. The van der Waals surface area contributed by atoms with Crippen LogP contribution in [0, 0.1) is 12.8 Å². The molecule has 1 aliphatic carbocycles. The standard InChI is InChI=1S/C13H17BrN2O/c1-8-5-10(14)12(7-11(8)15)16-13(17)6-9-3-2-4-9/h5,7,9H,2-4,6,15H2,1H3,(H,16,17). The lowest BCUT2D eigenvalue weighted by molar-refractivity contribution is -0.117. The Morgan fingerprint density at radius 1 is 1.53 bits per heavy atom. The zero-order chi connectivity index (χ0) is 12.4. The van der Waals surface area contributed by atoms with Crippen molar-refractivity contribution >= 4 is 33.2 Å². The molecule has 3 nitrogen and oxygen atoms in total. The van der Waals surface area contributed by atoms with Crippen molar-refractivity contribution < 1.29 is 4.79 Å². The van der Waals surface area contributed by atoms with E-state index in [2.05, 4.69) is 21.2 Å². The molecule has 0 unspecified atom stereocenters. The van der Waals surface area contributed by atoms with Crippen molar-refractivity contribution in [2.45, 2.75) is 32.6 Å². The Bertz CT molecular complexity index is 441. The number of amides is 1. The van der Waals surface area contributed by atoms with E-state index in [9.17, 15) is 4.79 Å². The predicted molar refractivity (Wildman–Crippen MR) is 73.9 cm³/mol. The molecule has 0 aliphatic heterocycles. The largest absolute Gasteiger partial charge is 0.398 e. The van der Waals surface area contributed by atoms with Gasteiger partial charge in [0.25, 0.3) is 0 Å². The first kappa shape index (κ1) is 12.4. The average molecular weight is 297 g/mol. The van der Waals surface area contributed by atoms with E-state index in [0.29, 0.717) is 18.0 Å². The van der Waals surface area contributed by atoms with Crippen LogP contribution in [0.15, 0.2) is 16.6 Å². The number of carbonyl (C=O) groups excluding carboxylic acids is 1. The summed E-state index contributed by atoms with van der Waals surface area (Å²) in [6.07, 6.45) is 4.26. The highest BCUT2D eigenvalue weighted by Gasteiger charge is 2.21. The Morgan fingerprint density at radius 2 is 2.24 bits per heavy atom. The number of nitrogen functional groups attached to an aromatic ring is 1. The van der Waals surface area contributed by atoms with E-state index in [4.69, 9.17) is 5.73 Å². The number of hydrogen-bond donors (Lipinski definition) is 2. The molecule has 2 rings (SSSR count). The molecule has 0 heterocycles. The van der Waals surface area contributed by atoms with E-state index in [1.165, 1.54) is 19.3 Å². The van der Waals surface area contributed by atoms with Gasteiger partial charge in [-0.2, -0.15) is 0 Å². The van der Waals surface area contributed by atoms with Gasteiger partial charge in [0, 0.05) is 16.6 Å². The van der Waals surface area contributed by atoms with Crippen molar-refractivity contribution in [1.82, 2.24) is 0 Å². The molecule has 0 saturated heterocycles. The third kappa shape index (κ3) is 3.00. The van der Waals surface area contributed by atoms with Gasteiger partial charge in [0.05, 0.1) is 5.69 Å². The van der Waals surface area contributed by atoms with Crippen molar-refractivity contribution in [3.63, 3.8) is 0 Å². The van der Waals surface area contributed by atoms with Gasteiger partial charge in [-0.15, -0.1) is 0 Å². The molecule has 17 heavy (non-hydrogen) atoms. The summed E-state index contributed by atoms with van der Waals surface area (Å²) in [7, 11) is 0. The molecule has 1 amide bonds. The number of halogens is 1. The molecular formula is C13H17BrN2O. The third-order valence-electron chi connectivity index (χ3n) is 3.33. The van der Waals surface area contributed by atoms with Gasteiger partial charge in [0.2, 0.25) is 5.91 Å². The second-order valence-electron chi connectivity index (χ2n) is 4.74. The maximum Gasteiger partial charge on any atom is 0.224 e. The number of hydrogen-bond acceptors (Lipinski definition) is 2. The lowest BCUT2D eigenvalue weighted by Crippen LogP contribution is -2.21. The SMILES string of the molecule is Cc1cc(Br)c(NC(=O)CC2CCC2)cc1N. The molecular weight excluding hydrogens is 280 g/mol. The van der Waals surface area contributed by atoms with Crippen LogP contribution in [0.25, 0.3) is 0 Å². The summed E-state index contributed by atoms with van der Waals surface area (Å²) < 4.78 is 0.881. The average Bonchev–Trinajstić information content (AvgIpc) is 2.20. The van der Waals surface area contributed by atoms with E-state index in [0.717, 1.165) is 15.7 Å². The molecule has 4 heteroatoms. The first-order valence-corrected chi connectivity index (χ1v) is 6.71. The predicted octanol–water partition coefficient (Wildman–Crippen LogP) is 3.47. The van der Waals surface area contributed by atoms with Crippen LogP contribution in [0.5, 0.6) is 0 Å². The fourth-order valence-corrected chi connectivity index (χ4v) is 2.50.